The lowest BCUT2D eigenvalue weighted by atomic mass is 9.93. The summed E-state index contributed by atoms with van der Waals surface area (Å²) in [4.78, 5) is 0. The van der Waals surface area contributed by atoms with Gasteiger partial charge in [-0.2, -0.15) is 0 Å². The Hall–Kier alpha value is -1.60. The minimum atomic E-state index is 0.274. The maximum atomic E-state index is 6.25. The Morgan fingerprint density at radius 3 is 1.80 bits per heavy atom. The largest absolute Gasteiger partial charge is 0.327 e. The molecule has 0 spiro atoms. The van der Waals surface area contributed by atoms with Crippen LogP contribution in [0.15, 0.2) is 60.7 Å². The van der Waals surface area contributed by atoms with Crippen LogP contribution in [0.4, 0.5) is 0 Å². The van der Waals surface area contributed by atoms with Gasteiger partial charge in [0.1, 0.15) is 0 Å². The van der Waals surface area contributed by atoms with Gasteiger partial charge in [-0.25, -0.2) is 0 Å². The normalized spacial score (nSPS) is 13.9. The third-order valence-electron chi connectivity index (χ3n) is 3.80. The van der Waals surface area contributed by atoms with Crippen molar-refractivity contribution in [1.29, 1.82) is 0 Å². The van der Waals surface area contributed by atoms with Crippen molar-refractivity contribution in [1.82, 2.24) is 0 Å². The molecule has 1 nitrogen and oxygen atoms in total. The maximum absolute atomic E-state index is 6.25. The van der Waals surface area contributed by atoms with Crippen LogP contribution in [0.1, 0.15) is 30.9 Å². The molecule has 0 aliphatic heterocycles. The van der Waals surface area contributed by atoms with Crippen LogP contribution in [-0.2, 0) is 12.8 Å². The van der Waals surface area contributed by atoms with E-state index in [1.165, 1.54) is 17.5 Å². The summed E-state index contributed by atoms with van der Waals surface area (Å²) in [7, 11) is 0. The highest BCUT2D eigenvalue weighted by molar-refractivity contribution is 5.16. The first-order valence-electron chi connectivity index (χ1n) is 7.57. The Morgan fingerprint density at radius 1 is 0.750 bits per heavy atom. The van der Waals surface area contributed by atoms with Crippen LogP contribution in [0.5, 0.6) is 0 Å². The first kappa shape index (κ1) is 14.8. The van der Waals surface area contributed by atoms with E-state index in [1.807, 2.05) is 0 Å². The zero-order valence-corrected chi connectivity index (χ0v) is 12.3. The van der Waals surface area contributed by atoms with Gasteiger partial charge in [0.15, 0.2) is 0 Å². The van der Waals surface area contributed by atoms with Crippen molar-refractivity contribution in [3.63, 3.8) is 0 Å². The predicted octanol–water partition coefficient (Wildman–Crippen LogP) is 4.22. The summed E-state index contributed by atoms with van der Waals surface area (Å²) in [6.07, 6.45) is 4.43. The van der Waals surface area contributed by atoms with Crippen molar-refractivity contribution >= 4 is 0 Å². The molecule has 0 aliphatic carbocycles. The molecular weight excluding hydrogens is 242 g/mol. The molecule has 2 aromatic carbocycles. The molecule has 0 aromatic heterocycles. The molecule has 1 heteroatoms. The molecule has 2 rings (SSSR count). The van der Waals surface area contributed by atoms with E-state index >= 15 is 0 Å². The zero-order valence-electron chi connectivity index (χ0n) is 12.3. The van der Waals surface area contributed by atoms with Crippen molar-refractivity contribution in [3.8, 4) is 0 Å². The Morgan fingerprint density at radius 2 is 1.25 bits per heavy atom. The molecule has 2 N–H and O–H groups in total. The standard InChI is InChI=1S/C19H25N/c1-16(14-17-8-4-2-5-9-17)12-13-19(20)15-18-10-6-3-7-11-18/h2-11,16,19H,12-15,20H2,1H3. The van der Waals surface area contributed by atoms with Gasteiger partial charge in [-0.15, -0.1) is 0 Å². The molecule has 0 saturated carbocycles. The molecule has 0 fully saturated rings. The fraction of sp³-hybridized carbons (Fsp3) is 0.368. The second-order valence-corrected chi connectivity index (χ2v) is 5.82. The molecule has 2 atom stereocenters. The van der Waals surface area contributed by atoms with Crippen LogP contribution in [0, 0.1) is 5.92 Å². The minimum absolute atomic E-state index is 0.274. The van der Waals surface area contributed by atoms with Crippen LogP contribution < -0.4 is 5.73 Å². The van der Waals surface area contributed by atoms with Crippen LogP contribution in [0.2, 0.25) is 0 Å². The van der Waals surface area contributed by atoms with Gasteiger partial charge in [-0.1, -0.05) is 67.6 Å². The van der Waals surface area contributed by atoms with E-state index in [4.69, 9.17) is 5.73 Å². The summed E-state index contributed by atoms with van der Waals surface area (Å²) in [5.74, 6) is 0.694. The van der Waals surface area contributed by atoms with Gasteiger partial charge in [0.05, 0.1) is 0 Å². The molecule has 0 aliphatic rings. The lowest BCUT2D eigenvalue weighted by Gasteiger charge is -2.16. The van der Waals surface area contributed by atoms with Crippen LogP contribution in [-0.4, -0.2) is 6.04 Å². The molecule has 0 amide bonds. The fourth-order valence-corrected chi connectivity index (χ4v) is 2.64. The minimum Gasteiger partial charge on any atom is -0.327 e. The van der Waals surface area contributed by atoms with E-state index in [0.29, 0.717) is 5.92 Å². The predicted molar refractivity (Wildman–Crippen MR) is 86.7 cm³/mol. The topological polar surface area (TPSA) is 26.0 Å². The number of hydrogen-bond acceptors (Lipinski definition) is 1. The second-order valence-electron chi connectivity index (χ2n) is 5.82. The van der Waals surface area contributed by atoms with Crippen molar-refractivity contribution in [2.45, 2.75) is 38.6 Å². The summed E-state index contributed by atoms with van der Waals surface area (Å²) < 4.78 is 0. The number of benzene rings is 2. The Bertz CT molecular complexity index is 430. The van der Waals surface area contributed by atoms with Gasteiger partial charge in [-0.05, 0) is 42.7 Å². The van der Waals surface area contributed by atoms with Crippen molar-refractivity contribution in [3.05, 3.63) is 71.8 Å². The quantitative estimate of drug-likeness (QED) is 0.798. The average Bonchev–Trinajstić information content (AvgIpc) is 2.47. The molecule has 106 valence electrons. The Balaban J connectivity index is 1.71. The number of hydrogen-bond donors (Lipinski definition) is 1. The molecule has 2 unspecified atom stereocenters. The van der Waals surface area contributed by atoms with E-state index in [-0.39, 0.29) is 6.04 Å². The van der Waals surface area contributed by atoms with Crippen molar-refractivity contribution in [2.24, 2.45) is 11.7 Å². The second kappa shape index (κ2) is 7.86. The molecule has 20 heavy (non-hydrogen) atoms. The van der Waals surface area contributed by atoms with Gasteiger partial charge >= 0.3 is 0 Å². The molecule has 2 aromatic rings. The van der Waals surface area contributed by atoms with E-state index in [1.54, 1.807) is 0 Å². The highest BCUT2D eigenvalue weighted by Crippen LogP contribution is 2.15. The van der Waals surface area contributed by atoms with Crippen molar-refractivity contribution in [2.75, 3.05) is 0 Å². The molecule has 0 saturated heterocycles. The van der Waals surface area contributed by atoms with Crippen LogP contribution in [0.25, 0.3) is 0 Å². The average molecular weight is 267 g/mol. The van der Waals surface area contributed by atoms with Gasteiger partial charge < -0.3 is 5.73 Å². The summed E-state index contributed by atoms with van der Waals surface area (Å²) in [5, 5.41) is 0. The highest BCUT2D eigenvalue weighted by atomic mass is 14.6. The SMILES string of the molecule is CC(CCC(N)Cc1ccccc1)Cc1ccccc1. The lowest BCUT2D eigenvalue weighted by Crippen LogP contribution is -2.23. The van der Waals surface area contributed by atoms with E-state index < -0.39 is 0 Å². The summed E-state index contributed by atoms with van der Waals surface area (Å²) >= 11 is 0. The smallest absolute Gasteiger partial charge is 0.00794 e. The molecular formula is C19H25N. The van der Waals surface area contributed by atoms with E-state index in [0.717, 1.165) is 19.3 Å². The summed E-state index contributed by atoms with van der Waals surface area (Å²) in [5.41, 5.74) is 9.02. The zero-order chi connectivity index (χ0) is 14.2. The maximum Gasteiger partial charge on any atom is 0.00794 e. The molecule has 0 bridgehead atoms. The first-order chi connectivity index (χ1) is 9.74. The fourth-order valence-electron chi connectivity index (χ4n) is 2.64. The van der Waals surface area contributed by atoms with E-state index in [2.05, 4.69) is 67.6 Å². The summed E-state index contributed by atoms with van der Waals surface area (Å²) in [6, 6.07) is 21.5. The van der Waals surface area contributed by atoms with Gasteiger partial charge in [0, 0.05) is 6.04 Å². The molecule has 0 heterocycles. The lowest BCUT2D eigenvalue weighted by molar-refractivity contribution is 0.464. The monoisotopic (exact) mass is 267 g/mol. The van der Waals surface area contributed by atoms with Gasteiger partial charge in [0.2, 0.25) is 0 Å². The third-order valence-corrected chi connectivity index (χ3v) is 3.80. The van der Waals surface area contributed by atoms with Crippen LogP contribution in [0.3, 0.4) is 0 Å². The van der Waals surface area contributed by atoms with E-state index in [9.17, 15) is 0 Å². The highest BCUT2D eigenvalue weighted by Gasteiger charge is 2.08. The Kier molecular flexibility index (Phi) is 5.82. The third kappa shape index (κ3) is 5.18. The van der Waals surface area contributed by atoms with Gasteiger partial charge in [-0.3, -0.25) is 0 Å². The number of nitrogens with two attached hydrogens (primary N) is 1. The first-order valence-corrected chi connectivity index (χ1v) is 7.57. The summed E-state index contributed by atoms with van der Waals surface area (Å²) in [6.45, 7) is 2.32. The van der Waals surface area contributed by atoms with Crippen LogP contribution >= 0.6 is 0 Å². The Labute approximate surface area is 122 Å². The van der Waals surface area contributed by atoms with Gasteiger partial charge in [0.25, 0.3) is 0 Å². The number of rotatable bonds is 7. The van der Waals surface area contributed by atoms with Crippen molar-refractivity contribution < 1.29 is 0 Å². The molecule has 0 radical (unpaired) electrons.